The molecular weight excluding hydrogens is 220 g/mol. The van der Waals surface area contributed by atoms with Crippen molar-refractivity contribution in [3.05, 3.63) is 24.3 Å². The van der Waals surface area contributed by atoms with Crippen LogP contribution >= 0.6 is 0 Å². The molecule has 0 saturated carbocycles. The van der Waals surface area contributed by atoms with Gasteiger partial charge in [0.15, 0.2) is 5.54 Å². The number of amides is 2. The molecule has 2 N–H and O–H groups in total. The van der Waals surface area contributed by atoms with Crippen LogP contribution in [0.3, 0.4) is 0 Å². The molecule has 0 spiro atoms. The van der Waals surface area contributed by atoms with Gasteiger partial charge in [0, 0.05) is 25.9 Å². The van der Waals surface area contributed by atoms with Gasteiger partial charge in [0.05, 0.1) is 11.9 Å². The first-order valence-electron chi connectivity index (χ1n) is 5.43. The summed E-state index contributed by atoms with van der Waals surface area (Å²) in [6.07, 6.45) is 5.74. The highest BCUT2D eigenvalue weighted by Crippen LogP contribution is 2.37. The van der Waals surface area contributed by atoms with E-state index in [1.807, 2.05) is 0 Å². The molecule has 1 aromatic heterocycles. The number of carbonyl (C=O) groups is 2. The van der Waals surface area contributed by atoms with Crippen molar-refractivity contribution in [3.63, 3.8) is 0 Å². The Morgan fingerprint density at radius 3 is 2.76 bits per heavy atom. The maximum absolute atomic E-state index is 11.8. The van der Waals surface area contributed by atoms with Gasteiger partial charge in [0.2, 0.25) is 11.8 Å². The van der Waals surface area contributed by atoms with Crippen LogP contribution in [0.25, 0.3) is 0 Å². The lowest BCUT2D eigenvalue weighted by molar-refractivity contribution is -0.142. The average molecular weight is 234 g/mol. The van der Waals surface area contributed by atoms with Crippen LogP contribution in [0.1, 0.15) is 25.5 Å². The van der Waals surface area contributed by atoms with Crippen molar-refractivity contribution in [3.8, 4) is 0 Å². The summed E-state index contributed by atoms with van der Waals surface area (Å²) in [4.78, 5) is 33.0. The fourth-order valence-corrected chi connectivity index (χ4v) is 2.41. The van der Waals surface area contributed by atoms with Crippen molar-refractivity contribution >= 4 is 11.8 Å². The van der Waals surface area contributed by atoms with Crippen molar-refractivity contribution in [2.75, 3.05) is 6.54 Å². The minimum absolute atomic E-state index is 0.174. The standard InChI is InChI=1S/C11H14N4O2/c1-8(16)15-6-2-3-11(15,10(12)17)9-7-13-4-5-14-9/h4-5,7H,2-3,6H2,1H3,(H2,12,17)/t11-/m1/s1. The molecule has 90 valence electrons. The van der Waals surface area contributed by atoms with Crippen LogP contribution < -0.4 is 5.73 Å². The smallest absolute Gasteiger partial charge is 0.249 e. The molecule has 0 bridgehead atoms. The van der Waals surface area contributed by atoms with E-state index < -0.39 is 11.4 Å². The average Bonchev–Trinajstić information content (AvgIpc) is 2.75. The lowest BCUT2D eigenvalue weighted by Crippen LogP contribution is -2.53. The predicted octanol–water partition coefficient (Wildman–Crippen LogP) is -0.200. The quantitative estimate of drug-likeness (QED) is 0.767. The maximum atomic E-state index is 11.8. The van der Waals surface area contributed by atoms with Crippen LogP contribution in [0.5, 0.6) is 0 Å². The van der Waals surface area contributed by atoms with E-state index in [9.17, 15) is 9.59 Å². The molecule has 2 amide bonds. The summed E-state index contributed by atoms with van der Waals surface area (Å²) in [5.41, 5.74) is 4.81. The summed E-state index contributed by atoms with van der Waals surface area (Å²) in [6, 6.07) is 0. The summed E-state index contributed by atoms with van der Waals surface area (Å²) in [6.45, 7) is 1.95. The van der Waals surface area contributed by atoms with Crippen LogP contribution in [0, 0.1) is 0 Å². The maximum Gasteiger partial charge on any atom is 0.249 e. The van der Waals surface area contributed by atoms with Gasteiger partial charge in [0.1, 0.15) is 0 Å². The van der Waals surface area contributed by atoms with Gasteiger partial charge in [-0.2, -0.15) is 0 Å². The van der Waals surface area contributed by atoms with Crippen LogP contribution in [-0.2, 0) is 15.1 Å². The minimum atomic E-state index is -1.12. The van der Waals surface area contributed by atoms with Crippen molar-refractivity contribution in [1.29, 1.82) is 0 Å². The van der Waals surface area contributed by atoms with E-state index in [0.29, 0.717) is 18.7 Å². The fraction of sp³-hybridized carbons (Fsp3) is 0.455. The molecule has 1 atom stereocenters. The molecule has 0 unspecified atom stereocenters. The molecule has 0 aliphatic carbocycles. The number of nitrogens with two attached hydrogens (primary N) is 1. The molecule has 0 aromatic carbocycles. The molecule has 6 nitrogen and oxygen atoms in total. The largest absolute Gasteiger partial charge is 0.367 e. The first-order chi connectivity index (χ1) is 8.09. The Kier molecular flexibility index (Phi) is 2.79. The Bertz CT molecular complexity index is 448. The molecule has 0 radical (unpaired) electrons. The highest BCUT2D eigenvalue weighted by atomic mass is 16.2. The topological polar surface area (TPSA) is 89.2 Å². The molecule has 1 aromatic rings. The van der Waals surface area contributed by atoms with Gasteiger partial charge in [-0.25, -0.2) is 0 Å². The summed E-state index contributed by atoms with van der Waals surface area (Å²) >= 11 is 0. The normalized spacial score (nSPS) is 23.7. The van der Waals surface area contributed by atoms with E-state index in [-0.39, 0.29) is 5.91 Å². The SMILES string of the molecule is CC(=O)N1CCC[C@]1(C(N)=O)c1cnccn1. The predicted molar refractivity (Wildman–Crippen MR) is 59.5 cm³/mol. The number of rotatable bonds is 2. The van der Waals surface area contributed by atoms with Gasteiger partial charge < -0.3 is 10.6 Å². The molecule has 1 saturated heterocycles. The Morgan fingerprint density at radius 1 is 1.47 bits per heavy atom. The monoisotopic (exact) mass is 234 g/mol. The van der Waals surface area contributed by atoms with Gasteiger partial charge in [-0.3, -0.25) is 19.6 Å². The zero-order chi connectivity index (χ0) is 12.5. The number of hydrogen-bond donors (Lipinski definition) is 1. The van der Waals surface area contributed by atoms with Crippen LogP contribution in [0.15, 0.2) is 18.6 Å². The lowest BCUT2D eigenvalue weighted by atomic mass is 9.91. The third-order valence-electron chi connectivity index (χ3n) is 3.16. The molecular formula is C11H14N4O2. The highest BCUT2D eigenvalue weighted by molar-refractivity contribution is 5.91. The number of hydrogen-bond acceptors (Lipinski definition) is 4. The van der Waals surface area contributed by atoms with Crippen molar-refractivity contribution in [2.24, 2.45) is 5.73 Å². The Morgan fingerprint density at radius 2 is 2.24 bits per heavy atom. The fourth-order valence-electron chi connectivity index (χ4n) is 2.41. The molecule has 2 rings (SSSR count). The zero-order valence-corrected chi connectivity index (χ0v) is 9.59. The second-order valence-electron chi connectivity index (χ2n) is 4.09. The van der Waals surface area contributed by atoms with Gasteiger partial charge >= 0.3 is 0 Å². The number of likely N-dealkylation sites (tertiary alicyclic amines) is 1. The van der Waals surface area contributed by atoms with Crippen LogP contribution in [0.2, 0.25) is 0 Å². The van der Waals surface area contributed by atoms with E-state index >= 15 is 0 Å². The molecule has 2 heterocycles. The van der Waals surface area contributed by atoms with Gasteiger partial charge in [0.25, 0.3) is 0 Å². The van der Waals surface area contributed by atoms with Crippen LogP contribution in [-0.4, -0.2) is 33.2 Å². The summed E-state index contributed by atoms with van der Waals surface area (Å²) in [5, 5.41) is 0. The number of primary amides is 1. The Labute approximate surface area is 98.8 Å². The van der Waals surface area contributed by atoms with Crippen LogP contribution in [0.4, 0.5) is 0 Å². The zero-order valence-electron chi connectivity index (χ0n) is 9.59. The Balaban J connectivity index is 2.54. The first kappa shape index (κ1) is 11.5. The molecule has 1 fully saturated rings. The van der Waals surface area contributed by atoms with E-state index in [4.69, 9.17) is 5.73 Å². The second-order valence-corrected chi connectivity index (χ2v) is 4.09. The third kappa shape index (κ3) is 1.65. The highest BCUT2D eigenvalue weighted by Gasteiger charge is 2.50. The van der Waals surface area contributed by atoms with Gasteiger partial charge in [-0.15, -0.1) is 0 Å². The number of aromatic nitrogens is 2. The summed E-state index contributed by atoms with van der Waals surface area (Å²) in [7, 11) is 0. The minimum Gasteiger partial charge on any atom is -0.367 e. The van der Waals surface area contributed by atoms with Crippen molar-refractivity contribution in [1.82, 2.24) is 14.9 Å². The van der Waals surface area contributed by atoms with Gasteiger partial charge in [-0.1, -0.05) is 0 Å². The Hall–Kier alpha value is -1.98. The summed E-state index contributed by atoms with van der Waals surface area (Å²) in [5.74, 6) is -0.724. The molecule has 6 heteroatoms. The number of carbonyl (C=O) groups excluding carboxylic acids is 2. The first-order valence-corrected chi connectivity index (χ1v) is 5.43. The van der Waals surface area contributed by atoms with E-state index in [0.717, 1.165) is 6.42 Å². The molecule has 17 heavy (non-hydrogen) atoms. The summed E-state index contributed by atoms with van der Waals surface area (Å²) < 4.78 is 0. The van der Waals surface area contributed by atoms with Crippen molar-refractivity contribution < 1.29 is 9.59 Å². The molecule has 1 aliphatic heterocycles. The van der Waals surface area contributed by atoms with Gasteiger partial charge in [-0.05, 0) is 12.8 Å². The lowest BCUT2D eigenvalue weighted by Gasteiger charge is -2.34. The van der Waals surface area contributed by atoms with E-state index in [1.54, 1.807) is 0 Å². The third-order valence-corrected chi connectivity index (χ3v) is 3.16. The van der Waals surface area contributed by atoms with E-state index in [2.05, 4.69) is 9.97 Å². The number of nitrogens with zero attached hydrogens (tertiary/aromatic N) is 3. The molecule has 1 aliphatic rings. The second kappa shape index (κ2) is 4.12. The van der Waals surface area contributed by atoms with Crippen molar-refractivity contribution in [2.45, 2.75) is 25.3 Å². The van der Waals surface area contributed by atoms with E-state index in [1.165, 1.54) is 30.4 Å².